The zero-order chi connectivity index (χ0) is 15.2. The van der Waals surface area contributed by atoms with Crippen molar-refractivity contribution in [1.29, 1.82) is 0 Å². The van der Waals surface area contributed by atoms with Crippen LogP contribution in [0.3, 0.4) is 0 Å². The number of halogens is 2. The molecule has 0 saturated heterocycles. The van der Waals surface area contributed by atoms with Crippen LogP contribution in [0.15, 0.2) is 42.5 Å². The summed E-state index contributed by atoms with van der Waals surface area (Å²) in [6, 6.07) is 12.6. The van der Waals surface area contributed by atoms with Gasteiger partial charge in [0.15, 0.2) is 0 Å². The average molecular weight is 318 g/mol. The molecule has 1 N–H and O–H groups in total. The number of terminal acetylenes is 1. The molecule has 0 bridgehead atoms. The third-order valence-electron chi connectivity index (χ3n) is 2.97. The van der Waals surface area contributed by atoms with E-state index in [0.29, 0.717) is 28.6 Å². The van der Waals surface area contributed by atoms with E-state index in [1.54, 1.807) is 30.3 Å². The van der Waals surface area contributed by atoms with Crippen LogP contribution in [0, 0.1) is 12.3 Å². The lowest BCUT2D eigenvalue weighted by molar-refractivity contribution is -0.116. The van der Waals surface area contributed by atoms with Crippen molar-refractivity contribution in [1.82, 2.24) is 0 Å². The summed E-state index contributed by atoms with van der Waals surface area (Å²) in [7, 11) is 0. The fraction of sp³-hybridized carbons (Fsp3) is 0.118. The lowest BCUT2D eigenvalue weighted by Gasteiger charge is -2.07. The highest BCUT2D eigenvalue weighted by Crippen LogP contribution is 2.26. The van der Waals surface area contributed by atoms with Crippen LogP contribution >= 0.6 is 23.2 Å². The third kappa shape index (κ3) is 4.26. The van der Waals surface area contributed by atoms with Gasteiger partial charge in [-0.25, -0.2) is 0 Å². The summed E-state index contributed by atoms with van der Waals surface area (Å²) in [4.78, 5) is 11.9. The van der Waals surface area contributed by atoms with Crippen molar-refractivity contribution in [2.75, 3.05) is 5.32 Å². The number of benzene rings is 2. The van der Waals surface area contributed by atoms with Gasteiger partial charge >= 0.3 is 0 Å². The number of carbonyl (C=O) groups is 1. The molecule has 0 radical (unpaired) electrons. The number of aryl methyl sites for hydroxylation is 1. The maximum absolute atomic E-state index is 11.9. The first-order valence-corrected chi connectivity index (χ1v) is 7.15. The van der Waals surface area contributed by atoms with Crippen molar-refractivity contribution in [2.45, 2.75) is 12.8 Å². The standard InChI is InChI=1S/C17H13Cl2NO/c1-2-12-5-3-7-14(11-12)20-16(21)10-9-13-6-4-8-15(18)17(13)19/h1,3-8,11H,9-10H2,(H,20,21). The highest BCUT2D eigenvalue weighted by molar-refractivity contribution is 6.42. The van der Waals surface area contributed by atoms with Gasteiger partial charge in [-0.05, 0) is 36.2 Å². The van der Waals surface area contributed by atoms with Crippen LogP contribution in [0.1, 0.15) is 17.5 Å². The number of nitrogens with one attached hydrogen (secondary N) is 1. The minimum atomic E-state index is -0.0970. The Morgan fingerprint density at radius 1 is 1.19 bits per heavy atom. The van der Waals surface area contributed by atoms with Gasteiger partial charge in [-0.3, -0.25) is 4.79 Å². The monoisotopic (exact) mass is 317 g/mol. The highest BCUT2D eigenvalue weighted by Gasteiger charge is 2.08. The second-order valence-electron chi connectivity index (χ2n) is 4.49. The van der Waals surface area contributed by atoms with Gasteiger partial charge in [-0.15, -0.1) is 6.42 Å². The fourth-order valence-corrected chi connectivity index (χ4v) is 2.31. The Hall–Kier alpha value is -1.95. The topological polar surface area (TPSA) is 29.1 Å². The maximum Gasteiger partial charge on any atom is 0.224 e. The van der Waals surface area contributed by atoms with Gasteiger partial charge in [0.2, 0.25) is 5.91 Å². The van der Waals surface area contributed by atoms with Gasteiger partial charge in [0.25, 0.3) is 0 Å². The van der Waals surface area contributed by atoms with Gasteiger partial charge in [-0.2, -0.15) is 0 Å². The smallest absolute Gasteiger partial charge is 0.224 e. The highest BCUT2D eigenvalue weighted by atomic mass is 35.5. The second kappa shape index (κ2) is 7.17. The first-order valence-electron chi connectivity index (χ1n) is 6.39. The zero-order valence-electron chi connectivity index (χ0n) is 11.2. The Kier molecular flexibility index (Phi) is 5.27. The van der Waals surface area contributed by atoms with Crippen LogP contribution in [0.25, 0.3) is 0 Å². The zero-order valence-corrected chi connectivity index (χ0v) is 12.7. The molecule has 0 heterocycles. The summed E-state index contributed by atoms with van der Waals surface area (Å²) in [5.74, 6) is 2.43. The molecule has 1 amide bonds. The van der Waals surface area contributed by atoms with E-state index in [-0.39, 0.29) is 5.91 Å². The molecular formula is C17H13Cl2NO. The van der Waals surface area contributed by atoms with E-state index in [9.17, 15) is 4.79 Å². The lowest BCUT2D eigenvalue weighted by atomic mass is 10.1. The predicted octanol–water partition coefficient (Wildman–Crippen LogP) is 4.55. The lowest BCUT2D eigenvalue weighted by Crippen LogP contribution is -2.12. The molecule has 0 aromatic heterocycles. The van der Waals surface area contributed by atoms with Crippen LogP contribution < -0.4 is 5.32 Å². The first-order chi connectivity index (χ1) is 10.1. The fourth-order valence-electron chi connectivity index (χ4n) is 1.90. The van der Waals surface area contributed by atoms with Gasteiger partial charge in [0.05, 0.1) is 10.0 Å². The van der Waals surface area contributed by atoms with Crippen LogP contribution in [-0.2, 0) is 11.2 Å². The van der Waals surface area contributed by atoms with E-state index >= 15 is 0 Å². The number of carbonyl (C=O) groups excluding carboxylic acids is 1. The number of rotatable bonds is 4. The summed E-state index contributed by atoms with van der Waals surface area (Å²) in [6.07, 6.45) is 6.17. The molecule has 4 heteroatoms. The minimum absolute atomic E-state index is 0.0970. The van der Waals surface area contributed by atoms with Gasteiger partial charge in [0, 0.05) is 17.7 Å². The van der Waals surface area contributed by atoms with Gasteiger partial charge in [-0.1, -0.05) is 47.3 Å². The largest absolute Gasteiger partial charge is 0.326 e. The Balaban J connectivity index is 1.96. The molecule has 2 aromatic carbocycles. The summed E-state index contributed by atoms with van der Waals surface area (Å²) >= 11 is 12.0. The minimum Gasteiger partial charge on any atom is -0.326 e. The average Bonchev–Trinajstić information content (AvgIpc) is 2.49. The molecule has 0 saturated carbocycles. The molecule has 0 fully saturated rings. The predicted molar refractivity (Wildman–Crippen MR) is 87.8 cm³/mol. The molecular weight excluding hydrogens is 305 g/mol. The van der Waals surface area contributed by atoms with Gasteiger partial charge in [0.1, 0.15) is 0 Å². The maximum atomic E-state index is 11.9. The number of anilines is 1. The number of hydrogen-bond donors (Lipinski definition) is 1. The molecule has 106 valence electrons. The van der Waals surface area contributed by atoms with Crippen LogP contribution in [-0.4, -0.2) is 5.91 Å². The quantitative estimate of drug-likeness (QED) is 0.824. The van der Waals surface area contributed by atoms with E-state index in [1.165, 1.54) is 0 Å². The summed E-state index contributed by atoms with van der Waals surface area (Å²) in [5, 5.41) is 3.81. The Bertz CT molecular complexity index is 704. The molecule has 0 aliphatic carbocycles. The SMILES string of the molecule is C#Cc1cccc(NC(=O)CCc2cccc(Cl)c2Cl)c1. The van der Waals surface area contributed by atoms with Crippen molar-refractivity contribution in [3.8, 4) is 12.3 Å². The summed E-state index contributed by atoms with van der Waals surface area (Å²) in [5.41, 5.74) is 2.27. The van der Waals surface area contributed by atoms with Crippen LogP contribution in [0.2, 0.25) is 10.0 Å². The van der Waals surface area contributed by atoms with E-state index < -0.39 is 0 Å². The Labute approximate surface area is 134 Å². The molecule has 0 atom stereocenters. The summed E-state index contributed by atoms with van der Waals surface area (Å²) in [6.45, 7) is 0. The Morgan fingerprint density at radius 2 is 1.95 bits per heavy atom. The van der Waals surface area contributed by atoms with Gasteiger partial charge < -0.3 is 5.32 Å². The third-order valence-corrected chi connectivity index (χ3v) is 3.82. The normalized spacial score (nSPS) is 9.95. The van der Waals surface area contributed by atoms with Crippen molar-refractivity contribution in [3.05, 3.63) is 63.6 Å². The molecule has 21 heavy (non-hydrogen) atoms. The van der Waals surface area contributed by atoms with Crippen molar-refractivity contribution < 1.29 is 4.79 Å². The van der Waals surface area contributed by atoms with E-state index in [2.05, 4.69) is 11.2 Å². The summed E-state index contributed by atoms with van der Waals surface area (Å²) < 4.78 is 0. The van der Waals surface area contributed by atoms with E-state index in [1.807, 2.05) is 12.1 Å². The molecule has 0 aliphatic heterocycles. The molecule has 2 rings (SSSR count). The number of amides is 1. The van der Waals surface area contributed by atoms with Crippen molar-refractivity contribution >= 4 is 34.8 Å². The second-order valence-corrected chi connectivity index (χ2v) is 5.27. The van der Waals surface area contributed by atoms with E-state index in [4.69, 9.17) is 29.6 Å². The molecule has 0 unspecified atom stereocenters. The van der Waals surface area contributed by atoms with Crippen LogP contribution in [0.4, 0.5) is 5.69 Å². The molecule has 0 spiro atoms. The van der Waals surface area contributed by atoms with E-state index in [0.717, 1.165) is 11.1 Å². The van der Waals surface area contributed by atoms with Crippen LogP contribution in [0.5, 0.6) is 0 Å². The first kappa shape index (κ1) is 15.4. The van der Waals surface area contributed by atoms with Crippen molar-refractivity contribution in [2.24, 2.45) is 0 Å². The molecule has 0 aliphatic rings. The molecule has 2 aromatic rings. The number of hydrogen-bond acceptors (Lipinski definition) is 1. The Morgan fingerprint density at radius 3 is 2.71 bits per heavy atom. The van der Waals surface area contributed by atoms with Crippen molar-refractivity contribution in [3.63, 3.8) is 0 Å². The molecule has 2 nitrogen and oxygen atoms in total.